The van der Waals surface area contributed by atoms with Crippen LogP contribution in [0.5, 0.6) is 0 Å². The van der Waals surface area contributed by atoms with Crippen LogP contribution in [0.15, 0.2) is 70.0 Å². The molecule has 1 aromatic heterocycles. The molecule has 0 aliphatic heterocycles. The zero-order valence-electron chi connectivity index (χ0n) is 22.9. The van der Waals surface area contributed by atoms with Gasteiger partial charge >= 0.3 is 5.97 Å². The van der Waals surface area contributed by atoms with Crippen molar-refractivity contribution < 1.29 is 14.5 Å². The van der Waals surface area contributed by atoms with Crippen LogP contribution in [-0.2, 0) is 22.5 Å². The lowest BCUT2D eigenvalue weighted by Gasteiger charge is -2.20. The Morgan fingerprint density at radius 1 is 1.23 bits per heavy atom. The smallest absolute Gasteiger partial charge is 0.305 e. The van der Waals surface area contributed by atoms with Crippen LogP contribution in [0.1, 0.15) is 89.0 Å². The topological polar surface area (TPSA) is 106 Å². The van der Waals surface area contributed by atoms with Crippen molar-refractivity contribution in [3.8, 4) is 17.2 Å². The number of carboxylic acid groups (broad SMARTS) is 1. The minimum absolute atomic E-state index is 0.0460. The Morgan fingerprint density at radius 3 is 2.74 bits per heavy atom. The molecule has 0 fully saturated rings. The number of hydrogen-bond acceptors (Lipinski definition) is 4. The maximum atomic E-state index is 13.4. The molecule has 0 amide bonds. The van der Waals surface area contributed by atoms with Gasteiger partial charge in [-0.1, -0.05) is 63.7 Å². The summed E-state index contributed by atoms with van der Waals surface area (Å²) in [7, 11) is 0. The van der Waals surface area contributed by atoms with Gasteiger partial charge in [0.05, 0.1) is 18.4 Å². The van der Waals surface area contributed by atoms with Crippen LogP contribution in [-0.4, -0.2) is 20.2 Å². The van der Waals surface area contributed by atoms with Crippen LogP contribution >= 0.6 is 0 Å². The van der Waals surface area contributed by atoms with Crippen molar-refractivity contribution in [2.45, 2.75) is 94.9 Å². The van der Waals surface area contributed by atoms with E-state index in [1.165, 1.54) is 31.7 Å². The first-order chi connectivity index (χ1) is 18.9. The number of aromatic nitrogens is 1. The number of carboxylic acids is 1. The summed E-state index contributed by atoms with van der Waals surface area (Å²) in [6, 6.07) is 9.54. The van der Waals surface area contributed by atoms with E-state index in [1.54, 1.807) is 34.5 Å². The summed E-state index contributed by atoms with van der Waals surface area (Å²) in [5, 5.41) is 20.3. The number of benzene rings is 1. The van der Waals surface area contributed by atoms with E-state index in [-0.39, 0.29) is 30.2 Å². The van der Waals surface area contributed by atoms with Gasteiger partial charge in [-0.2, -0.15) is 5.26 Å². The second kappa shape index (κ2) is 16.1. The highest BCUT2D eigenvalue weighted by molar-refractivity contribution is 7.94. The third-order valence-corrected chi connectivity index (χ3v) is 8.35. The number of pyridine rings is 1. The van der Waals surface area contributed by atoms with Gasteiger partial charge in [0.15, 0.2) is 10.3 Å². The van der Waals surface area contributed by atoms with Crippen molar-refractivity contribution in [1.29, 1.82) is 5.26 Å². The number of hydrogen-bond donors (Lipinski definition) is 1. The monoisotopic (exact) mass is 548 g/mol. The molecule has 1 aliphatic rings. The fourth-order valence-corrected chi connectivity index (χ4v) is 5.91. The van der Waals surface area contributed by atoms with E-state index in [0.29, 0.717) is 16.0 Å². The minimum Gasteiger partial charge on any atom is -0.607 e. The third kappa shape index (κ3) is 9.87. The Kier molecular flexibility index (Phi) is 12.6. The zero-order chi connectivity index (χ0) is 28.0. The number of nitriles is 1. The first-order valence-corrected chi connectivity index (χ1v) is 15.3. The Hall–Kier alpha value is -3.08. The fraction of sp³-hybridized carbons (Fsp3) is 0.469. The normalized spacial score (nSPS) is 16.7. The highest BCUT2D eigenvalue weighted by atomic mass is 32.2. The summed E-state index contributed by atoms with van der Waals surface area (Å²) in [6.07, 6.45) is 19.9. The number of aryl methyl sites for hydroxylation is 1. The quantitative estimate of drug-likeness (QED) is 0.142. The summed E-state index contributed by atoms with van der Waals surface area (Å²) in [4.78, 5) is 24.5. The van der Waals surface area contributed by atoms with Gasteiger partial charge in [0, 0.05) is 47.8 Å². The van der Waals surface area contributed by atoms with Gasteiger partial charge in [0.2, 0.25) is 0 Å². The lowest BCUT2D eigenvalue weighted by molar-refractivity contribution is -0.137. The molecule has 39 heavy (non-hydrogen) atoms. The molecule has 1 N–H and O–H groups in total. The summed E-state index contributed by atoms with van der Waals surface area (Å²) in [5.74, 6) is -0.909. The Labute approximate surface area is 235 Å². The van der Waals surface area contributed by atoms with Crippen LogP contribution in [0.2, 0.25) is 0 Å². The van der Waals surface area contributed by atoms with E-state index in [2.05, 4.69) is 25.1 Å². The molecule has 0 spiro atoms. The Balaban J connectivity index is 1.84. The van der Waals surface area contributed by atoms with Gasteiger partial charge in [-0.25, -0.2) is 0 Å². The van der Waals surface area contributed by atoms with Crippen molar-refractivity contribution in [2.75, 3.05) is 0 Å². The number of aliphatic carboxylic acids is 1. The first-order valence-electron chi connectivity index (χ1n) is 14.1. The van der Waals surface area contributed by atoms with Crippen molar-refractivity contribution in [1.82, 2.24) is 4.57 Å². The molecule has 1 aromatic carbocycles. The molecule has 3 atom stereocenters. The number of nitrogens with zero attached hydrogens (tertiary/aromatic N) is 2. The molecule has 0 bridgehead atoms. The molecular weight excluding hydrogens is 508 g/mol. The summed E-state index contributed by atoms with van der Waals surface area (Å²) >= 11 is -1.47. The van der Waals surface area contributed by atoms with Crippen LogP contribution in [0.25, 0.3) is 11.1 Å². The average molecular weight is 549 g/mol. The van der Waals surface area contributed by atoms with E-state index in [4.69, 9.17) is 5.11 Å². The van der Waals surface area contributed by atoms with E-state index >= 15 is 0 Å². The molecule has 3 unspecified atom stereocenters. The summed E-state index contributed by atoms with van der Waals surface area (Å²) in [5.41, 5.74) is 2.00. The molecule has 0 radical (unpaired) electrons. The van der Waals surface area contributed by atoms with Crippen molar-refractivity contribution in [3.63, 3.8) is 0 Å². The maximum Gasteiger partial charge on any atom is 0.305 e. The predicted molar refractivity (Wildman–Crippen MR) is 157 cm³/mol. The number of unbranched alkanes of at least 4 members (excludes halogenated alkanes) is 5. The van der Waals surface area contributed by atoms with E-state index < -0.39 is 17.1 Å². The van der Waals surface area contributed by atoms with Crippen LogP contribution in [0.3, 0.4) is 0 Å². The molecule has 7 heteroatoms. The predicted octanol–water partition coefficient (Wildman–Crippen LogP) is 7.33. The molecule has 1 heterocycles. The van der Waals surface area contributed by atoms with Gasteiger partial charge < -0.3 is 14.2 Å². The van der Waals surface area contributed by atoms with Crippen LogP contribution < -0.4 is 5.43 Å². The first kappa shape index (κ1) is 30.5. The summed E-state index contributed by atoms with van der Waals surface area (Å²) in [6.45, 7) is 2.45. The van der Waals surface area contributed by atoms with E-state index in [1.807, 2.05) is 12.1 Å². The number of carbonyl (C=O) groups is 1. The lowest BCUT2D eigenvalue weighted by Crippen LogP contribution is -2.12. The van der Waals surface area contributed by atoms with Crippen molar-refractivity contribution in [2.24, 2.45) is 5.92 Å². The standard InChI is InChI=1S/C32H40N2O4S/c1-2-3-4-5-6-8-11-25(23-33)16-19-39(38)29-21-27(26-12-9-7-10-13-26)20-28(22-29)30-24-34(17-14-31(30)35)18-15-32(36)37/h7,9,14,16-17,19-22,24-26H,2-6,8,10-13,15,18H2,1H3,(H,36,37). The third-order valence-electron chi connectivity index (χ3n) is 7.24. The number of allylic oxidation sites excluding steroid dienone is 3. The van der Waals surface area contributed by atoms with Gasteiger partial charge in [-0.05, 0) is 54.9 Å². The second-order valence-electron chi connectivity index (χ2n) is 10.3. The molecule has 6 nitrogen and oxygen atoms in total. The molecular formula is C32H40N2O4S. The Bertz CT molecular complexity index is 1240. The van der Waals surface area contributed by atoms with Gasteiger partial charge in [0.1, 0.15) is 5.41 Å². The molecule has 2 aromatic rings. The maximum absolute atomic E-state index is 13.4. The highest BCUT2D eigenvalue weighted by Crippen LogP contribution is 2.34. The van der Waals surface area contributed by atoms with E-state index in [9.17, 15) is 19.4 Å². The molecule has 0 saturated carbocycles. The molecule has 3 rings (SSSR count). The fourth-order valence-electron chi connectivity index (χ4n) is 4.93. The Morgan fingerprint density at radius 2 is 2.03 bits per heavy atom. The minimum atomic E-state index is -1.47. The average Bonchev–Trinajstić information content (AvgIpc) is 2.96. The van der Waals surface area contributed by atoms with Gasteiger partial charge in [0.25, 0.3) is 0 Å². The van der Waals surface area contributed by atoms with Crippen LogP contribution in [0, 0.1) is 17.2 Å². The van der Waals surface area contributed by atoms with Gasteiger partial charge in [-0.3, -0.25) is 9.59 Å². The highest BCUT2D eigenvalue weighted by Gasteiger charge is 2.20. The second-order valence-corrected chi connectivity index (χ2v) is 11.6. The SMILES string of the molecule is CCCCCCCCC(C#N)C=C[S+]([O-])c1cc(-c2cn(CCC(=O)O)ccc2=O)cc(C2CC=CCC2)c1. The molecule has 1 aliphatic carbocycles. The zero-order valence-corrected chi connectivity index (χ0v) is 23.7. The van der Waals surface area contributed by atoms with Crippen molar-refractivity contribution >= 4 is 17.1 Å². The van der Waals surface area contributed by atoms with E-state index in [0.717, 1.165) is 44.1 Å². The molecule has 208 valence electrons. The number of rotatable bonds is 15. The molecule has 0 saturated heterocycles. The largest absolute Gasteiger partial charge is 0.607 e. The summed E-state index contributed by atoms with van der Waals surface area (Å²) < 4.78 is 15.1. The van der Waals surface area contributed by atoms with Gasteiger partial charge in [-0.15, -0.1) is 0 Å². The lowest BCUT2D eigenvalue weighted by atomic mass is 9.86. The van der Waals surface area contributed by atoms with Crippen molar-refractivity contribution in [3.05, 3.63) is 76.1 Å². The van der Waals surface area contributed by atoms with Crippen LogP contribution in [0.4, 0.5) is 0 Å².